The average Bonchev–Trinajstić information content (AvgIpc) is 3.06. The summed E-state index contributed by atoms with van der Waals surface area (Å²) in [6.07, 6.45) is 3.46. The lowest BCUT2D eigenvalue weighted by Gasteiger charge is -2.12. The van der Waals surface area contributed by atoms with Crippen molar-refractivity contribution in [1.29, 1.82) is 0 Å². The fraction of sp³-hybridized carbons (Fsp3) is 0.312. The second kappa shape index (κ2) is 5.77. The number of fused-ring (bicyclic) bond motifs is 1. The fourth-order valence-electron chi connectivity index (χ4n) is 2.55. The van der Waals surface area contributed by atoms with E-state index in [-0.39, 0.29) is 11.9 Å². The first kappa shape index (κ1) is 13.3. The Kier molecular flexibility index (Phi) is 3.85. The predicted molar refractivity (Wildman–Crippen MR) is 82.0 cm³/mol. The van der Waals surface area contributed by atoms with Crippen LogP contribution in [0.15, 0.2) is 36.4 Å². The maximum atomic E-state index is 12.1. The average molecular weight is 286 g/mol. The molecule has 1 aromatic carbocycles. The van der Waals surface area contributed by atoms with E-state index in [0.717, 1.165) is 23.3 Å². The van der Waals surface area contributed by atoms with Gasteiger partial charge in [-0.15, -0.1) is 11.3 Å². The number of amides is 1. The van der Waals surface area contributed by atoms with Gasteiger partial charge in [-0.1, -0.05) is 30.3 Å². The van der Waals surface area contributed by atoms with Gasteiger partial charge in [0.1, 0.15) is 0 Å². The molecule has 3 N–H and O–H groups in total. The third-order valence-electron chi connectivity index (χ3n) is 3.68. The SMILES string of the molecule is NC(CNC(=O)c1cc2c(s1)CCC2)c1ccccc1. The molecule has 1 amide bonds. The van der Waals surface area contributed by atoms with Gasteiger partial charge in [0, 0.05) is 17.5 Å². The molecule has 0 aliphatic heterocycles. The molecular weight excluding hydrogens is 268 g/mol. The zero-order chi connectivity index (χ0) is 13.9. The van der Waals surface area contributed by atoms with Crippen LogP contribution >= 0.6 is 11.3 Å². The van der Waals surface area contributed by atoms with E-state index in [4.69, 9.17) is 5.73 Å². The normalized spacial score (nSPS) is 14.8. The number of nitrogens with two attached hydrogens (primary N) is 1. The van der Waals surface area contributed by atoms with Gasteiger partial charge in [0.05, 0.1) is 4.88 Å². The van der Waals surface area contributed by atoms with Crippen LogP contribution in [0.3, 0.4) is 0 Å². The molecule has 0 saturated heterocycles. The Labute approximate surface area is 122 Å². The van der Waals surface area contributed by atoms with Gasteiger partial charge >= 0.3 is 0 Å². The molecule has 4 heteroatoms. The molecule has 20 heavy (non-hydrogen) atoms. The van der Waals surface area contributed by atoms with E-state index in [9.17, 15) is 4.79 Å². The molecule has 1 unspecified atom stereocenters. The second-order valence-electron chi connectivity index (χ2n) is 5.14. The van der Waals surface area contributed by atoms with Crippen LogP contribution < -0.4 is 11.1 Å². The highest BCUT2D eigenvalue weighted by Crippen LogP contribution is 2.30. The van der Waals surface area contributed by atoms with Gasteiger partial charge in [0.15, 0.2) is 0 Å². The first-order valence-corrected chi connectivity index (χ1v) is 7.76. The molecule has 1 aromatic heterocycles. The molecule has 0 radical (unpaired) electrons. The highest BCUT2D eigenvalue weighted by atomic mass is 32.1. The number of benzene rings is 1. The molecule has 0 fully saturated rings. The second-order valence-corrected chi connectivity index (χ2v) is 6.28. The molecule has 1 heterocycles. The first-order chi connectivity index (χ1) is 9.74. The number of rotatable bonds is 4. The van der Waals surface area contributed by atoms with Gasteiger partial charge in [0.2, 0.25) is 0 Å². The minimum absolute atomic E-state index is 0.00391. The number of carbonyl (C=O) groups is 1. The van der Waals surface area contributed by atoms with E-state index < -0.39 is 0 Å². The Bertz CT molecular complexity index is 585. The van der Waals surface area contributed by atoms with Crippen LogP contribution in [0.5, 0.6) is 0 Å². The zero-order valence-electron chi connectivity index (χ0n) is 11.3. The number of hydrogen-bond acceptors (Lipinski definition) is 3. The minimum atomic E-state index is -0.160. The Hall–Kier alpha value is -1.65. The van der Waals surface area contributed by atoms with E-state index in [1.807, 2.05) is 36.4 Å². The maximum absolute atomic E-state index is 12.1. The molecule has 3 rings (SSSR count). The highest BCUT2D eigenvalue weighted by Gasteiger charge is 2.18. The number of nitrogens with one attached hydrogen (secondary N) is 1. The summed E-state index contributed by atoms with van der Waals surface area (Å²) >= 11 is 1.62. The van der Waals surface area contributed by atoms with Crippen molar-refractivity contribution in [2.45, 2.75) is 25.3 Å². The number of thiophene rings is 1. The van der Waals surface area contributed by atoms with E-state index in [0.29, 0.717) is 6.54 Å². The summed E-state index contributed by atoms with van der Waals surface area (Å²) in [7, 11) is 0. The van der Waals surface area contributed by atoms with Gasteiger partial charge in [-0.2, -0.15) is 0 Å². The van der Waals surface area contributed by atoms with Crippen LogP contribution in [0.4, 0.5) is 0 Å². The lowest BCUT2D eigenvalue weighted by Crippen LogP contribution is -2.31. The Balaban J connectivity index is 1.59. The molecule has 2 aromatic rings. The number of carbonyl (C=O) groups excluding carboxylic acids is 1. The third kappa shape index (κ3) is 2.76. The van der Waals surface area contributed by atoms with Crippen molar-refractivity contribution in [3.63, 3.8) is 0 Å². The molecule has 0 bridgehead atoms. The molecule has 1 aliphatic carbocycles. The number of hydrogen-bond donors (Lipinski definition) is 2. The third-order valence-corrected chi connectivity index (χ3v) is 4.92. The van der Waals surface area contributed by atoms with Gasteiger partial charge in [-0.25, -0.2) is 0 Å². The highest BCUT2D eigenvalue weighted by molar-refractivity contribution is 7.14. The summed E-state index contributed by atoms with van der Waals surface area (Å²) in [5, 5.41) is 2.93. The largest absolute Gasteiger partial charge is 0.349 e. The Morgan fingerprint density at radius 3 is 2.85 bits per heavy atom. The van der Waals surface area contributed by atoms with E-state index in [1.54, 1.807) is 11.3 Å². The molecule has 3 nitrogen and oxygen atoms in total. The zero-order valence-corrected chi connectivity index (χ0v) is 12.1. The van der Waals surface area contributed by atoms with Gasteiger partial charge in [0.25, 0.3) is 5.91 Å². The quantitative estimate of drug-likeness (QED) is 0.908. The van der Waals surface area contributed by atoms with Crippen LogP contribution in [0.1, 0.15) is 38.1 Å². The molecular formula is C16H18N2OS. The van der Waals surface area contributed by atoms with Crippen molar-refractivity contribution in [2.75, 3.05) is 6.54 Å². The standard InChI is InChI=1S/C16H18N2OS/c17-13(11-5-2-1-3-6-11)10-18-16(19)15-9-12-7-4-8-14(12)20-15/h1-3,5-6,9,13H,4,7-8,10,17H2,(H,18,19). The molecule has 0 saturated carbocycles. The topological polar surface area (TPSA) is 55.1 Å². The molecule has 1 aliphatic rings. The van der Waals surface area contributed by atoms with Crippen LogP contribution in [0.25, 0.3) is 0 Å². The molecule has 0 spiro atoms. The smallest absolute Gasteiger partial charge is 0.261 e. The Morgan fingerprint density at radius 2 is 2.10 bits per heavy atom. The minimum Gasteiger partial charge on any atom is -0.349 e. The summed E-state index contributed by atoms with van der Waals surface area (Å²) in [6.45, 7) is 0.464. The van der Waals surface area contributed by atoms with Crippen molar-refractivity contribution in [2.24, 2.45) is 5.73 Å². The van der Waals surface area contributed by atoms with Crippen LogP contribution in [0, 0.1) is 0 Å². The van der Waals surface area contributed by atoms with E-state index in [2.05, 4.69) is 5.32 Å². The van der Waals surface area contributed by atoms with Crippen molar-refractivity contribution in [3.05, 3.63) is 57.3 Å². The lowest BCUT2D eigenvalue weighted by atomic mass is 10.1. The first-order valence-electron chi connectivity index (χ1n) is 6.94. The Morgan fingerprint density at radius 1 is 1.30 bits per heavy atom. The summed E-state index contributed by atoms with van der Waals surface area (Å²) in [5.41, 5.74) is 8.48. The van der Waals surface area contributed by atoms with Crippen LogP contribution in [-0.4, -0.2) is 12.5 Å². The van der Waals surface area contributed by atoms with Crippen molar-refractivity contribution in [1.82, 2.24) is 5.32 Å². The van der Waals surface area contributed by atoms with Crippen LogP contribution in [0.2, 0.25) is 0 Å². The van der Waals surface area contributed by atoms with Gasteiger partial charge in [-0.05, 0) is 36.5 Å². The molecule has 104 valence electrons. The van der Waals surface area contributed by atoms with Gasteiger partial charge in [-0.3, -0.25) is 4.79 Å². The number of aryl methyl sites for hydroxylation is 2. The fourth-order valence-corrected chi connectivity index (χ4v) is 3.72. The summed E-state index contributed by atoms with van der Waals surface area (Å²) in [6, 6.07) is 11.7. The van der Waals surface area contributed by atoms with Crippen LogP contribution in [-0.2, 0) is 12.8 Å². The van der Waals surface area contributed by atoms with Crippen molar-refractivity contribution >= 4 is 17.2 Å². The van der Waals surface area contributed by atoms with Crippen molar-refractivity contribution in [3.8, 4) is 0 Å². The molecule has 1 atom stereocenters. The van der Waals surface area contributed by atoms with E-state index in [1.165, 1.54) is 16.9 Å². The predicted octanol–water partition coefficient (Wildman–Crippen LogP) is 2.67. The van der Waals surface area contributed by atoms with E-state index >= 15 is 0 Å². The summed E-state index contributed by atoms with van der Waals surface area (Å²) in [5.74, 6) is -0.00391. The van der Waals surface area contributed by atoms with Gasteiger partial charge < -0.3 is 11.1 Å². The summed E-state index contributed by atoms with van der Waals surface area (Å²) in [4.78, 5) is 14.3. The maximum Gasteiger partial charge on any atom is 0.261 e. The lowest BCUT2D eigenvalue weighted by molar-refractivity contribution is 0.0955. The van der Waals surface area contributed by atoms with Crippen molar-refractivity contribution < 1.29 is 4.79 Å². The summed E-state index contributed by atoms with van der Waals surface area (Å²) < 4.78 is 0. The monoisotopic (exact) mass is 286 g/mol.